The molecule has 104 valence electrons. The molecule has 19 heavy (non-hydrogen) atoms. The highest BCUT2D eigenvalue weighted by molar-refractivity contribution is 5.78. The summed E-state index contributed by atoms with van der Waals surface area (Å²) >= 11 is 0. The van der Waals surface area contributed by atoms with Gasteiger partial charge >= 0.3 is 0 Å². The maximum atomic E-state index is 12.1. The number of ketones is 1. The first kappa shape index (κ1) is 12.9. The molecule has 0 amide bonds. The Labute approximate surface area is 114 Å². The molecular weight excluding hydrogens is 238 g/mol. The summed E-state index contributed by atoms with van der Waals surface area (Å²) in [5.74, 6) is 1.05. The van der Waals surface area contributed by atoms with E-state index in [0.717, 1.165) is 12.8 Å². The van der Waals surface area contributed by atoms with E-state index < -0.39 is 0 Å². The molecule has 3 rings (SSSR count). The summed E-state index contributed by atoms with van der Waals surface area (Å²) in [4.78, 5) is 12.1. The third kappa shape index (κ3) is 3.24. The molecular formula is C15H23N3O. The Hall–Kier alpha value is -1.16. The van der Waals surface area contributed by atoms with E-state index in [1.807, 2.05) is 19.4 Å². The second-order valence-corrected chi connectivity index (χ2v) is 6.24. The zero-order valence-electron chi connectivity index (χ0n) is 11.6. The molecule has 0 aromatic carbocycles. The van der Waals surface area contributed by atoms with Crippen LogP contribution in [0.15, 0.2) is 12.4 Å². The zero-order chi connectivity index (χ0) is 13.2. The quantitative estimate of drug-likeness (QED) is 0.880. The summed E-state index contributed by atoms with van der Waals surface area (Å²) in [5, 5.41) is 7.77. The summed E-state index contributed by atoms with van der Waals surface area (Å²) in [5.41, 5.74) is 1.17. The van der Waals surface area contributed by atoms with Crippen LogP contribution in [0, 0.1) is 5.92 Å². The monoisotopic (exact) mass is 261 g/mol. The van der Waals surface area contributed by atoms with Crippen molar-refractivity contribution in [3.8, 4) is 0 Å². The Kier molecular flexibility index (Phi) is 3.69. The number of rotatable bonds is 5. The number of carbonyl (C=O) groups excluding carboxylic acids is 1. The zero-order valence-corrected chi connectivity index (χ0v) is 11.6. The average molecular weight is 261 g/mol. The van der Waals surface area contributed by atoms with Gasteiger partial charge in [0.1, 0.15) is 5.78 Å². The van der Waals surface area contributed by atoms with Crippen molar-refractivity contribution in [3.63, 3.8) is 0 Å². The highest BCUT2D eigenvalue weighted by Crippen LogP contribution is 2.32. The van der Waals surface area contributed by atoms with E-state index in [9.17, 15) is 4.79 Å². The molecule has 1 aromatic rings. The van der Waals surface area contributed by atoms with Gasteiger partial charge in [-0.1, -0.05) is 0 Å². The highest BCUT2D eigenvalue weighted by atomic mass is 16.1. The van der Waals surface area contributed by atoms with Crippen LogP contribution >= 0.6 is 0 Å². The largest absolute Gasteiger partial charge is 0.311 e. The normalized spacial score (nSPS) is 29.6. The van der Waals surface area contributed by atoms with Gasteiger partial charge in [-0.2, -0.15) is 5.10 Å². The van der Waals surface area contributed by atoms with Crippen molar-refractivity contribution < 1.29 is 4.79 Å². The van der Waals surface area contributed by atoms with E-state index in [-0.39, 0.29) is 0 Å². The van der Waals surface area contributed by atoms with Gasteiger partial charge in [-0.3, -0.25) is 9.48 Å². The molecule has 0 saturated carbocycles. The van der Waals surface area contributed by atoms with Gasteiger partial charge in [0, 0.05) is 38.2 Å². The maximum absolute atomic E-state index is 12.1. The van der Waals surface area contributed by atoms with Crippen molar-refractivity contribution in [3.05, 3.63) is 18.0 Å². The first-order chi connectivity index (χ1) is 9.19. The minimum atomic E-state index is 0.426. The van der Waals surface area contributed by atoms with Gasteiger partial charge in [-0.25, -0.2) is 0 Å². The molecule has 2 aliphatic heterocycles. The van der Waals surface area contributed by atoms with Gasteiger partial charge in [0.25, 0.3) is 0 Å². The van der Waals surface area contributed by atoms with E-state index in [0.29, 0.717) is 30.2 Å². The Bertz CT molecular complexity index is 442. The molecule has 2 unspecified atom stereocenters. The molecule has 0 aliphatic carbocycles. The van der Waals surface area contributed by atoms with Crippen molar-refractivity contribution in [2.75, 3.05) is 0 Å². The Balaban J connectivity index is 1.44. The van der Waals surface area contributed by atoms with Crippen LogP contribution < -0.4 is 5.32 Å². The minimum Gasteiger partial charge on any atom is -0.311 e. The SMILES string of the molecule is Cn1cc(CCC(=O)CC2CC3CCC(C2)N3)cn1. The molecule has 2 atom stereocenters. The molecule has 3 heterocycles. The molecule has 2 aliphatic rings. The van der Waals surface area contributed by atoms with Crippen LogP contribution in [0.2, 0.25) is 0 Å². The molecule has 0 radical (unpaired) electrons. The predicted octanol–water partition coefficient (Wildman–Crippen LogP) is 1.84. The molecule has 2 bridgehead atoms. The summed E-state index contributed by atoms with van der Waals surface area (Å²) in [6, 6.07) is 1.38. The fourth-order valence-corrected chi connectivity index (χ4v) is 3.65. The highest BCUT2D eigenvalue weighted by Gasteiger charge is 2.33. The summed E-state index contributed by atoms with van der Waals surface area (Å²) in [6.45, 7) is 0. The van der Waals surface area contributed by atoms with E-state index >= 15 is 0 Å². The lowest BCUT2D eigenvalue weighted by molar-refractivity contribution is -0.120. The average Bonchev–Trinajstić information content (AvgIpc) is 2.93. The number of carbonyl (C=O) groups is 1. The van der Waals surface area contributed by atoms with Gasteiger partial charge in [-0.05, 0) is 43.6 Å². The summed E-state index contributed by atoms with van der Waals surface area (Å²) in [7, 11) is 1.91. The van der Waals surface area contributed by atoms with Crippen molar-refractivity contribution in [2.45, 2.75) is 57.0 Å². The molecule has 2 fully saturated rings. The maximum Gasteiger partial charge on any atom is 0.133 e. The molecule has 2 saturated heterocycles. The smallest absolute Gasteiger partial charge is 0.133 e. The van der Waals surface area contributed by atoms with Gasteiger partial charge in [0.2, 0.25) is 0 Å². The van der Waals surface area contributed by atoms with Crippen LogP contribution in [-0.2, 0) is 18.3 Å². The topological polar surface area (TPSA) is 46.9 Å². The van der Waals surface area contributed by atoms with Crippen molar-refractivity contribution in [2.24, 2.45) is 13.0 Å². The van der Waals surface area contributed by atoms with Crippen LogP contribution in [0.5, 0.6) is 0 Å². The molecule has 0 spiro atoms. The van der Waals surface area contributed by atoms with E-state index in [1.165, 1.54) is 31.2 Å². The lowest BCUT2D eigenvalue weighted by atomic mass is 9.87. The number of hydrogen-bond donors (Lipinski definition) is 1. The first-order valence-electron chi connectivity index (χ1n) is 7.44. The van der Waals surface area contributed by atoms with Gasteiger partial charge in [-0.15, -0.1) is 0 Å². The second-order valence-electron chi connectivity index (χ2n) is 6.24. The second kappa shape index (κ2) is 5.45. The third-order valence-electron chi connectivity index (χ3n) is 4.54. The lowest BCUT2D eigenvalue weighted by Crippen LogP contribution is -2.38. The number of Topliss-reactive ketones (excluding diaryl/α,β-unsaturated/α-hetero) is 1. The third-order valence-corrected chi connectivity index (χ3v) is 4.54. The molecule has 4 heteroatoms. The van der Waals surface area contributed by atoms with Crippen molar-refractivity contribution in [1.29, 1.82) is 0 Å². The van der Waals surface area contributed by atoms with Crippen LogP contribution in [0.4, 0.5) is 0 Å². The van der Waals surface area contributed by atoms with Crippen molar-refractivity contribution in [1.82, 2.24) is 15.1 Å². The standard InChI is InChI=1S/C15H23N3O/c1-18-10-11(9-16-18)2-5-15(19)8-12-6-13-3-4-14(7-12)17-13/h9-10,12-14,17H,2-8H2,1H3. The number of hydrogen-bond acceptors (Lipinski definition) is 3. The first-order valence-corrected chi connectivity index (χ1v) is 7.44. The molecule has 1 aromatic heterocycles. The van der Waals surface area contributed by atoms with E-state index in [4.69, 9.17) is 0 Å². The fourth-order valence-electron chi connectivity index (χ4n) is 3.65. The minimum absolute atomic E-state index is 0.426. The lowest BCUT2D eigenvalue weighted by Gasteiger charge is -2.28. The Morgan fingerprint density at radius 2 is 2.16 bits per heavy atom. The number of fused-ring (bicyclic) bond motifs is 2. The van der Waals surface area contributed by atoms with Gasteiger partial charge < -0.3 is 5.32 Å². The Morgan fingerprint density at radius 3 is 2.79 bits per heavy atom. The summed E-state index contributed by atoms with van der Waals surface area (Å²) < 4.78 is 1.80. The number of aryl methyl sites for hydroxylation is 2. The van der Waals surface area contributed by atoms with Crippen LogP contribution in [-0.4, -0.2) is 27.6 Å². The summed E-state index contributed by atoms with van der Waals surface area (Å²) in [6.07, 6.45) is 11.2. The van der Waals surface area contributed by atoms with Crippen LogP contribution in [0.25, 0.3) is 0 Å². The van der Waals surface area contributed by atoms with Crippen LogP contribution in [0.3, 0.4) is 0 Å². The van der Waals surface area contributed by atoms with Gasteiger partial charge in [0.05, 0.1) is 6.20 Å². The predicted molar refractivity (Wildman–Crippen MR) is 73.8 cm³/mol. The molecule has 1 N–H and O–H groups in total. The number of nitrogens with one attached hydrogen (secondary N) is 1. The number of piperidine rings is 1. The number of nitrogens with zero attached hydrogens (tertiary/aromatic N) is 2. The fraction of sp³-hybridized carbons (Fsp3) is 0.733. The number of aromatic nitrogens is 2. The Morgan fingerprint density at radius 1 is 1.42 bits per heavy atom. The van der Waals surface area contributed by atoms with Crippen molar-refractivity contribution >= 4 is 5.78 Å². The van der Waals surface area contributed by atoms with Crippen LogP contribution in [0.1, 0.15) is 44.1 Å². The van der Waals surface area contributed by atoms with E-state index in [1.54, 1.807) is 4.68 Å². The van der Waals surface area contributed by atoms with Gasteiger partial charge in [0.15, 0.2) is 0 Å². The molecule has 4 nitrogen and oxygen atoms in total. The van der Waals surface area contributed by atoms with E-state index in [2.05, 4.69) is 10.4 Å².